The van der Waals surface area contributed by atoms with Crippen LogP contribution in [0.2, 0.25) is 0 Å². The van der Waals surface area contributed by atoms with Gasteiger partial charge in [-0.25, -0.2) is 0 Å². The van der Waals surface area contributed by atoms with Crippen LogP contribution in [-0.4, -0.2) is 110 Å². The maximum atomic E-state index is 14.6. The molecule has 0 saturated carbocycles. The Labute approximate surface area is 420 Å². The molecule has 3 saturated heterocycles. The number of carbonyl (C=O) groups excluding carboxylic acids is 7. The molecule has 7 amide bonds. The zero-order valence-corrected chi connectivity index (χ0v) is 42.4. The Kier molecular flexibility index (Phi) is 14.8. The molecule has 8 rings (SSSR count). The summed E-state index contributed by atoms with van der Waals surface area (Å²) in [7, 11) is -5.83. The lowest BCUT2D eigenvalue weighted by Gasteiger charge is -2.40. The number of alkyl halides is 2. The Morgan fingerprint density at radius 3 is 2.44 bits per heavy atom. The molecule has 1 aromatic heterocycles. The molecule has 4 aromatic rings. The molecule has 5 heterocycles. The number of hydrogen-bond donors (Lipinski definition) is 4. The third-order valence-corrected chi connectivity index (χ3v) is 16.0. The maximum Gasteiger partial charge on any atom is 0.399 e. The highest BCUT2D eigenvalue weighted by Gasteiger charge is 2.50. The van der Waals surface area contributed by atoms with Gasteiger partial charge in [-0.1, -0.05) is 60.7 Å². The quantitative estimate of drug-likeness (QED) is 0.0648. The summed E-state index contributed by atoms with van der Waals surface area (Å²) in [5, 5.41) is 5.29. The van der Waals surface area contributed by atoms with Gasteiger partial charge in [-0.05, 0) is 103 Å². The molecule has 3 atom stereocenters. The smallest absolute Gasteiger partial charge is 0.342 e. The van der Waals surface area contributed by atoms with Crippen molar-refractivity contribution in [2.24, 2.45) is 11.3 Å². The zero-order valence-electron chi connectivity index (χ0n) is 39.1. The van der Waals surface area contributed by atoms with Gasteiger partial charge in [0.25, 0.3) is 11.8 Å². The molecule has 3 fully saturated rings. The monoisotopic (exact) mass is 1080 g/mol. The Balaban J connectivity index is 0.877. The van der Waals surface area contributed by atoms with Crippen molar-refractivity contribution in [2.45, 2.75) is 96.1 Å². The molecule has 374 valence electrons. The number of hydrogen-bond acceptors (Lipinski definition) is 9. The van der Waals surface area contributed by atoms with E-state index >= 15 is 0 Å². The van der Waals surface area contributed by atoms with Crippen LogP contribution in [0.15, 0.2) is 71.2 Å². The normalized spacial score (nSPS) is 18.9. The zero-order chi connectivity index (χ0) is 51.2. The molecular formula is C50H52BrF2N6O10PS. The third-order valence-electron chi connectivity index (χ3n) is 13.4. The van der Waals surface area contributed by atoms with Gasteiger partial charge >= 0.3 is 13.3 Å². The van der Waals surface area contributed by atoms with E-state index in [2.05, 4.69) is 38.4 Å². The van der Waals surface area contributed by atoms with Crippen LogP contribution < -0.4 is 15.5 Å². The van der Waals surface area contributed by atoms with E-state index in [-0.39, 0.29) is 78.7 Å². The number of fused-ring (bicyclic) bond motifs is 2. The van der Waals surface area contributed by atoms with Crippen molar-refractivity contribution in [3.63, 3.8) is 0 Å². The number of rotatable bonds is 13. The lowest BCUT2D eigenvalue weighted by atomic mass is 9.85. The lowest BCUT2D eigenvalue weighted by Crippen LogP contribution is -2.58. The average Bonchev–Trinajstić information content (AvgIpc) is 4.05. The Bertz CT molecular complexity index is 2940. The molecule has 4 aliphatic heterocycles. The highest BCUT2D eigenvalue weighted by Crippen LogP contribution is 2.59. The SMILES string of the molecule is CC(C)(C)C(NC(=O)c1cc2cc(C(F)(F)P(=O)(O)O)ccc2s1)C(=O)N1CCC[C@H]1C(=O)N(CCC(=O)N1CC(CCC#Cc2cccc3c2CN(C2CCC(=O)NC2=O)C3=O)C1)c1ccc(Br)cc1. The number of imide groups is 1. The number of carbonyl (C=O) groups is 7. The van der Waals surface area contributed by atoms with E-state index < -0.39 is 60.1 Å². The summed E-state index contributed by atoms with van der Waals surface area (Å²) >= 11 is 4.40. The van der Waals surface area contributed by atoms with Gasteiger partial charge in [0.15, 0.2) is 0 Å². The van der Waals surface area contributed by atoms with Crippen LogP contribution in [0.25, 0.3) is 10.1 Å². The topological polar surface area (TPSA) is 214 Å². The van der Waals surface area contributed by atoms with Crippen LogP contribution in [0.5, 0.6) is 0 Å². The van der Waals surface area contributed by atoms with Gasteiger partial charge in [0.05, 0.1) is 4.88 Å². The van der Waals surface area contributed by atoms with Crippen molar-refractivity contribution in [1.29, 1.82) is 0 Å². The molecule has 4 N–H and O–H groups in total. The van der Waals surface area contributed by atoms with Crippen LogP contribution in [0.1, 0.15) is 102 Å². The van der Waals surface area contributed by atoms with Crippen molar-refractivity contribution in [3.05, 3.63) is 98.3 Å². The van der Waals surface area contributed by atoms with Crippen LogP contribution in [-0.2, 0) is 40.7 Å². The molecule has 0 aliphatic carbocycles. The van der Waals surface area contributed by atoms with E-state index in [1.165, 1.54) is 26.8 Å². The fourth-order valence-corrected chi connectivity index (χ4v) is 11.1. The van der Waals surface area contributed by atoms with E-state index in [1.807, 2.05) is 6.07 Å². The first-order valence-corrected chi connectivity index (χ1v) is 26.4. The van der Waals surface area contributed by atoms with Crippen LogP contribution in [0, 0.1) is 23.2 Å². The standard InChI is InChI=1S/C50H52BrF2N6O10PS/c1-49(2,3)43(55-45(63)40-25-31-24-32(13-19-39(31)71-40)50(52,53)70(67,68)69)48(66)58-22-7-12-38(58)47(65)57(34-16-14-33(51)15-17-34)23-21-42(61)56-26-29(27-56)8-4-5-9-30-10-6-11-35-36(30)28-59(46(35)64)37-18-20-41(60)54-44(37)62/h6,10-11,13-17,19,24-25,29,37-38,43H,4,7-8,12,18,20-23,26-28H2,1-3H3,(H,55,63)(H,54,60,62)(H2,67,68,69)/t37?,38-,43?/m0/s1. The second-order valence-electron chi connectivity index (χ2n) is 19.4. The highest BCUT2D eigenvalue weighted by atomic mass is 79.9. The average molecular weight is 1080 g/mol. The molecule has 71 heavy (non-hydrogen) atoms. The molecule has 0 bridgehead atoms. The molecule has 2 unspecified atom stereocenters. The molecule has 0 spiro atoms. The first-order chi connectivity index (χ1) is 33.5. The number of halogens is 3. The van der Waals surface area contributed by atoms with Crippen LogP contribution in [0.3, 0.4) is 0 Å². The summed E-state index contributed by atoms with van der Waals surface area (Å²) in [5.41, 5.74) is -3.71. The number of piperidine rings is 1. The van der Waals surface area contributed by atoms with Crippen molar-refractivity contribution in [1.82, 2.24) is 25.3 Å². The van der Waals surface area contributed by atoms with Crippen molar-refractivity contribution in [2.75, 3.05) is 31.1 Å². The van der Waals surface area contributed by atoms with E-state index in [1.54, 1.807) is 62.1 Å². The summed E-state index contributed by atoms with van der Waals surface area (Å²) in [4.78, 5) is 119. The van der Waals surface area contributed by atoms with Crippen molar-refractivity contribution in [3.8, 4) is 11.8 Å². The summed E-state index contributed by atoms with van der Waals surface area (Å²) < 4.78 is 41.7. The Morgan fingerprint density at radius 1 is 1.01 bits per heavy atom. The van der Waals surface area contributed by atoms with Crippen LogP contribution in [0.4, 0.5) is 14.5 Å². The van der Waals surface area contributed by atoms with E-state index in [0.29, 0.717) is 53.9 Å². The maximum absolute atomic E-state index is 14.6. The predicted molar refractivity (Wildman–Crippen MR) is 263 cm³/mol. The molecule has 4 aliphatic rings. The fraction of sp³-hybridized carbons (Fsp3) is 0.420. The Hall–Kier alpha value is -5.84. The van der Waals surface area contributed by atoms with Gasteiger partial charge in [0.1, 0.15) is 18.1 Å². The van der Waals surface area contributed by atoms with E-state index in [9.17, 15) is 56.7 Å². The largest absolute Gasteiger partial charge is 0.399 e. The number of nitrogens with zero attached hydrogens (tertiary/aromatic N) is 4. The van der Waals surface area contributed by atoms with E-state index in [0.717, 1.165) is 39.9 Å². The molecule has 0 radical (unpaired) electrons. The second-order valence-corrected chi connectivity index (χ2v) is 23.0. The van der Waals surface area contributed by atoms with E-state index in [4.69, 9.17) is 0 Å². The summed E-state index contributed by atoms with van der Waals surface area (Å²) in [5.74, 6) is 3.87. The number of anilines is 1. The van der Waals surface area contributed by atoms with Crippen LogP contribution >= 0.6 is 34.9 Å². The van der Waals surface area contributed by atoms with Gasteiger partial charge in [-0.15, -0.1) is 11.3 Å². The van der Waals surface area contributed by atoms with Gasteiger partial charge in [-0.3, -0.25) is 43.4 Å². The van der Waals surface area contributed by atoms with Gasteiger partial charge in [0.2, 0.25) is 29.5 Å². The van der Waals surface area contributed by atoms with Gasteiger partial charge in [0, 0.05) is 83.5 Å². The first-order valence-electron chi connectivity index (χ1n) is 23.2. The Morgan fingerprint density at radius 2 is 1.75 bits per heavy atom. The second kappa shape index (κ2) is 20.3. The van der Waals surface area contributed by atoms with Crippen molar-refractivity contribution >= 4 is 92.0 Å². The first kappa shape index (κ1) is 51.5. The van der Waals surface area contributed by atoms with Gasteiger partial charge < -0.3 is 34.7 Å². The van der Waals surface area contributed by atoms with Crippen molar-refractivity contribution < 1.29 is 56.7 Å². The summed E-state index contributed by atoms with van der Waals surface area (Å²) in [6.07, 6.45) is 2.62. The fourth-order valence-electron chi connectivity index (χ4n) is 9.44. The lowest BCUT2D eigenvalue weighted by molar-refractivity contribution is -0.141. The number of thiophene rings is 1. The summed E-state index contributed by atoms with van der Waals surface area (Å²) in [6.45, 7) is 6.86. The molecule has 21 heteroatoms. The minimum absolute atomic E-state index is 0.0248. The summed E-state index contributed by atoms with van der Waals surface area (Å²) in [6, 6.07) is 14.0. The molecule has 16 nitrogen and oxygen atoms in total. The number of amides is 7. The predicted octanol–water partition coefficient (Wildman–Crippen LogP) is 6.50. The molecular weight excluding hydrogens is 1030 g/mol. The third kappa shape index (κ3) is 10.8. The minimum atomic E-state index is -5.83. The number of benzene rings is 3. The van der Waals surface area contributed by atoms with Gasteiger partial charge in [-0.2, -0.15) is 8.78 Å². The minimum Gasteiger partial charge on any atom is -0.342 e. The highest BCUT2D eigenvalue weighted by molar-refractivity contribution is 9.10. The number of likely N-dealkylation sites (tertiary alicyclic amines) is 2. The number of nitrogens with one attached hydrogen (secondary N) is 2. The molecule has 3 aromatic carbocycles.